The van der Waals surface area contributed by atoms with Gasteiger partial charge in [-0.25, -0.2) is 9.97 Å². The maximum Gasteiger partial charge on any atom is 0.244 e. The molecule has 2 aromatic heterocycles. The van der Waals surface area contributed by atoms with Gasteiger partial charge >= 0.3 is 0 Å². The summed E-state index contributed by atoms with van der Waals surface area (Å²) < 4.78 is 0. The second-order valence-electron chi connectivity index (χ2n) is 2.37. The molecule has 66 valence electrons. The Balaban J connectivity index is 2.87. The van der Waals surface area contributed by atoms with Gasteiger partial charge in [-0.05, 0) is 0 Å². The molecular weight excluding hydrogens is 172 g/mol. The van der Waals surface area contributed by atoms with Crippen molar-refractivity contribution in [2.45, 2.75) is 0 Å². The van der Waals surface area contributed by atoms with E-state index in [9.17, 15) is 5.11 Å². The molecular formula is C6H6N6O. The van der Waals surface area contributed by atoms with Crippen molar-refractivity contribution in [3.05, 3.63) is 6.20 Å². The summed E-state index contributed by atoms with van der Waals surface area (Å²) in [5.41, 5.74) is 11.0. The van der Waals surface area contributed by atoms with Crippen molar-refractivity contribution >= 4 is 22.9 Å². The highest BCUT2D eigenvalue weighted by molar-refractivity contribution is 5.77. The monoisotopic (exact) mass is 178 g/mol. The molecule has 0 aliphatic heterocycles. The van der Waals surface area contributed by atoms with Gasteiger partial charge in [0, 0.05) is 0 Å². The van der Waals surface area contributed by atoms with Crippen LogP contribution in [0.1, 0.15) is 0 Å². The molecule has 5 N–H and O–H groups in total. The highest BCUT2D eigenvalue weighted by atomic mass is 16.3. The molecule has 0 fully saturated rings. The number of aromatic hydroxyl groups is 1. The van der Waals surface area contributed by atoms with Gasteiger partial charge in [-0.1, -0.05) is 0 Å². The first kappa shape index (κ1) is 7.47. The Morgan fingerprint density at radius 1 is 1.15 bits per heavy atom. The molecule has 2 rings (SSSR count). The Morgan fingerprint density at radius 2 is 1.92 bits per heavy atom. The van der Waals surface area contributed by atoms with Gasteiger partial charge < -0.3 is 16.6 Å². The van der Waals surface area contributed by atoms with Crippen LogP contribution in [0.4, 0.5) is 11.8 Å². The lowest BCUT2D eigenvalue weighted by Crippen LogP contribution is -1.99. The highest BCUT2D eigenvalue weighted by Gasteiger charge is 2.07. The van der Waals surface area contributed by atoms with Crippen molar-refractivity contribution in [1.82, 2.24) is 19.9 Å². The summed E-state index contributed by atoms with van der Waals surface area (Å²) in [6, 6.07) is 0. The molecule has 0 bridgehead atoms. The van der Waals surface area contributed by atoms with Crippen molar-refractivity contribution in [3.8, 4) is 5.88 Å². The Kier molecular flexibility index (Phi) is 1.38. The molecule has 0 saturated carbocycles. The Morgan fingerprint density at radius 3 is 2.69 bits per heavy atom. The van der Waals surface area contributed by atoms with E-state index in [1.54, 1.807) is 0 Å². The van der Waals surface area contributed by atoms with E-state index < -0.39 is 0 Å². The number of nitrogens with two attached hydrogens (primary N) is 2. The molecule has 13 heavy (non-hydrogen) atoms. The topological polar surface area (TPSA) is 124 Å². The molecule has 0 aliphatic carbocycles. The number of hydrogen-bond donors (Lipinski definition) is 3. The number of rotatable bonds is 0. The molecule has 7 nitrogen and oxygen atoms in total. The van der Waals surface area contributed by atoms with Crippen LogP contribution in [-0.4, -0.2) is 25.0 Å². The maximum absolute atomic E-state index is 9.29. The summed E-state index contributed by atoms with van der Waals surface area (Å²) in [5, 5.41) is 9.29. The fraction of sp³-hybridized carbons (Fsp3) is 0. The highest BCUT2D eigenvalue weighted by Crippen LogP contribution is 2.18. The van der Waals surface area contributed by atoms with Crippen LogP contribution in [0.25, 0.3) is 11.2 Å². The first-order chi connectivity index (χ1) is 6.16. The molecule has 0 saturated heterocycles. The molecule has 0 aliphatic rings. The number of anilines is 2. The van der Waals surface area contributed by atoms with Gasteiger partial charge in [0.25, 0.3) is 0 Å². The van der Waals surface area contributed by atoms with Crippen LogP contribution in [0.3, 0.4) is 0 Å². The minimum absolute atomic E-state index is 0.0518. The van der Waals surface area contributed by atoms with Crippen LogP contribution in [0, 0.1) is 0 Å². The van der Waals surface area contributed by atoms with Crippen LogP contribution in [0.15, 0.2) is 6.20 Å². The smallest absolute Gasteiger partial charge is 0.244 e. The zero-order valence-electron chi connectivity index (χ0n) is 6.47. The van der Waals surface area contributed by atoms with Crippen LogP contribution in [0.5, 0.6) is 5.88 Å². The van der Waals surface area contributed by atoms with Crippen LogP contribution < -0.4 is 11.5 Å². The molecule has 0 radical (unpaired) electrons. The molecule has 0 unspecified atom stereocenters. The lowest BCUT2D eigenvalue weighted by Gasteiger charge is -1.99. The second-order valence-corrected chi connectivity index (χ2v) is 2.37. The van der Waals surface area contributed by atoms with Gasteiger partial charge in [-0.2, -0.15) is 9.97 Å². The van der Waals surface area contributed by atoms with Crippen molar-refractivity contribution in [2.24, 2.45) is 0 Å². The van der Waals surface area contributed by atoms with Crippen molar-refractivity contribution in [1.29, 1.82) is 0 Å². The first-order valence-electron chi connectivity index (χ1n) is 3.41. The zero-order valence-corrected chi connectivity index (χ0v) is 6.47. The van der Waals surface area contributed by atoms with Gasteiger partial charge in [0.05, 0.1) is 6.20 Å². The van der Waals surface area contributed by atoms with E-state index in [1.807, 2.05) is 0 Å². The Hall–Kier alpha value is -2.18. The lowest BCUT2D eigenvalue weighted by molar-refractivity contribution is 0.459. The van der Waals surface area contributed by atoms with Crippen LogP contribution in [-0.2, 0) is 0 Å². The number of nitrogen functional groups attached to an aromatic ring is 2. The molecule has 2 aromatic rings. The summed E-state index contributed by atoms with van der Waals surface area (Å²) in [5.74, 6) is -0.178. The van der Waals surface area contributed by atoms with Gasteiger partial charge in [0.1, 0.15) is 5.82 Å². The summed E-state index contributed by atoms with van der Waals surface area (Å²) in [6.45, 7) is 0. The third-order valence-electron chi connectivity index (χ3n) is 1.42. The van der Waals surface area contributed by atoms with E-state index in [2.05, 4.69) is 19.9 Å². The molecule has 2 heterocycles. The van der Waals surface area contributed by atoms with Crippen molar-refractivity contribution < 1.29 is 5.11 Å². The second kappa shape index (κ2) is 2.41. The molecule has 0 aromatic carbocycles. The third kappa shape index (κ3) is 1.15. The molecule has 0 amide bonds. The number of aromatic nitrogens is 4. The number of hydrogen-bond acceptors (Lipinski definition) is 7. The van der Waals surface area contributed by atoms with Crippen LogP contribution >= 0.6 is 0 Å². The van der Waals surface area contributed by atoms with E-state index in [4.69, 9.17) is 11.5 Å². The fourth-order valence-electron chi connectivity index (χ4n) is 0.923. The first-order valence-corrected chi connectivity index (χ1v) is 3.41. The molecule has 7 heteroatoms. The minimum atomic E-state index is -0.317. The number of nitrogens with zero attached hydrogens (tertiary/aromatic N) is 4. The van der Waals surface area contributed by atoms with Gasteiger partial charge in [0.2, 0.25) is 11.8 Å². The average Bonchev–Trinajstić information content (AvgIpc) is 2.06. The van der Waals surface area contributed by atoms with Gasteiger partial charge in [0.15, 0.2) is 11.2 Å². The fourth-order valence-corrected chi connectivity index (χ4v) is 0.923. The van der Waals surface area contributed by atoms with E-state index in [0.717, 1.165) is 0 Å². The molecule has 0 atom stereocenters. The Labute approximate surface area is 72.5 Å². The van der Waals surface area contributed by atoms with E-state index in [0.29, 0.717) is 0 Å². The van der Waals surface area contributed by atoms with E-state index in [1.165, 1.54) is 6.20 Å². The summed E-state index contributed by atoms with van der Waals surface area (Å²) in [6.07, 6.45) is 1.33. The minimum Gasteiger partial charge on any atom is -0.492 e. The SMILES string of the molecule is Nc1cnc2nc(N)nc(O)c2n1. The predicted molar refractivity (Wildman–Crippen MR) is 45.6 cm³/mol. The van der Waals surface area contributed by atoms with Crippen molar-refractivity contribution in [3.63, 3.8) is 0 Å². The Bertz CT molecular complexity index is 470. The normalized spacial score (nSPS) is 10.5. The number of fused-ring (bicyclic) bond motifs is 1. The van der Waals surface area contributed by atoms with Gasteiger partial charge in [-0.3, -0.25) is 0 Å². The van der Waals surface area contributed by atoms with Crippen LogP contribution in [0.2, 0.25) is 0 Å². The van der Waals surface area contributed by atoms with Crippen molar-refractivity contribution in [2.75, 3.05) is 11.5 Å². The summed E-state index contributed by atoms with van der Waals surface area (Å²) in [7, 11) is 0. The van der Waals surface area contributed by atoms with Gasteiger partial charge in [-0.15, -0.1) is 0 Å². The zero-order chi connectivity index (χ0) is 9.42. The quantitative estimate of drug-likeness (QED) is 0.486. The average molecular weight is 178 g/mol. The summed E-state index contributed by atoms with van der Waals surface area (Å²) >= 11 is 0. The third-order valence-corrected chi connectivity index (χ3v) is 1.42. The largest absolute Gasteiger partial charge is 0.492 e. The van der Waals surface area contributed by atoms with E-state index >= 15 is 0 Å². The standard InChI is InChI=1S/C6H6N6O/c7-2-1-9-4-3(10-2)5(13)12-6(8)11-4/h1H,(H2,7,10)(H3,8,9,11,12,13). The maximum atomic E-state index is 9.29. The summed E-state index contributed by atoms with van der Waals surface area (Å²) in [4.78, 5) is 14.9. The lowest BCUT2D eigenvalue weighted by atomic mass is 10.5. The van der Waals surface area contributed by atoms with E-state index in [-0.39, 0.29) is 28.8 Å². The molecule has 0 spiro atoms. The predicted octanol–water partition coefficient (Wildman–Crippen LogP) is -0.710.